The SMILES string of the molecule is Cc1noc(C)c1S(=O)(=O)N1CCCc2nc(-c3ccc(Br)cc3)ccc21. The minimum absolute atomic E-state index is 0.146. The Hall–Kier alpha value is -2.19. The molecule has 0 atom stereocenters. The normalized spacial score (nSPS) is 14.3. The van der Waals surface area contributed by atoms with Crippen molar-refractivity contribution >= 4 is 31.6 Å². The van der Waals surface area contributed by atoms with E-state index in [-0.39, 0.29) is 4.90 Å². The van der Waals surface area contributed by atoms with Gasteiger partial charge in [-0.1, -0.05) is 33.2 Å². The number of rotatable bonds is 3. The summed E-state index contributed by atoms with van der Waals surface area (Å²) >= 11 is 3.43. The van der Waals surface area contributed by atoms with E-state index in [0.717, 1.165) is 27.8 Å². The zero-order valence-corrected chi connectivity index (χ0v) is 17.3. The van der Waals surface area contributed by atoms with E-state index in [9.17, 15) is 8.42 Å². The van der Waals surface area contributed by atoms with Crippen molar-refractivity contribution in [2.75, 3.05) is 10.8 Å². The summed E-state index contributed by atoms with van der Waals surface area (Å²) in [5.74, 6) is 0.305. The van der Waals surface area contributed by atoms with E-state index < -0.39 is 10.0 Å². The number of aryl methyl sites for hydroxylation is 3. The molecule has 6 nitrogen and oxygen atoms in total. The predicted molar refractivity (Wildman–Crippen MR) is 106 cm³/mol. The highest BCUT2D eigenvalue weighted by molar-refractivity contribution is 9.10. The Labute approximate surface area is 166 Å². The lowest BCUT2D eigenvalue weighted by molar-refractivity contribution is 0.390. The molecule has 0 spiro atoms. The van der Waals surface area contributed by atoms with Gasteiger partial charge < -0.3 is 4.52 Å². The van der Waals surface area contributed by atoms with Gasteiger partial charge in [-0.2, -0.15) is 0 Å². The number of hydrogen-bond donors (Lipinski definition) is 0. The van der Waals surface area contributed by atoms with Gasteiger partial charge in [0, 0.05) is 16.6 Å². The van der Waals surface area contributed by atoms with Crippen LogP contribution in [0.5, 0.6) is 0 Å². The predicted octanol–water partition coefficient (Wildman–Crippen LogP) is 4.26. The summed E-state index contributed by atoms with van der Waals surface area (Å²) in [6.45, 7) is 3.68. The number of benzene rings is 1. The van der Waals surface area contributed by atoms with Gasteiger partial charge in [0.25, 0.3) is 10.0 Å². The molecule has 0 unspecified atom stereocenters. The topological polar surface area (TPSA) is 76.3 Å². The Balaban J connectivity index is 1.77. The van der Waals surface area contributed by atoms with Crippen molar-refractivity contribution in [2.45, 2.75) is 31.6 Å². The Morgan fingerprint density at radius 1 is 1.11 bits per heavy atom. The first-order valence-electron chi connectivity index (χ1n) is 8.59. The van der Waals surface area contributed by atoms with E-state index in [1.165, 1.54) is 4.31 Å². The van der Waals surface area contributed by atoms with Crippen molar-refractivity contribution in [3.63, 3.8) is 0 Å². The molecular weight excluding hydrogens is 430 g/mol. The van der Waals surface area contributed by atoms with Gasteiger partial charge in [0.2, 0.25) is 0 Å². The summed E-state index contributed by atoms with van der Waals surface area (Å²) in [5, 5.41) is 3.79. The van der Waals surface area contributed by atoms with Crippen LogP contribution in [0.4, 0.5) is 5.69 Å². The maximum Gasteiger partial charge on any atom is 0.269 e. The molecule has 1 aromatic carbocycles. The first-order chi connectivity index (χ1) is 12.9. The third-order valence-corrected chi connectivity index (χ3v) is 7.24. The quantitative estimate of drug-likeness (QED) is 0.599. The summed E-state index contributed by atoms with van der Waals surface area (Å²) in [7, 11) is -3.75. The highest BCUT2D eigenvalue weighted by Gasteiger charge is 2.34. The molecule has 0 radical (unpaired) electrons. The van der Waals surface area contributed by atoms with Crippen molar-refractivity contribution in [1.82, 2.24) is 10.1 Å². The Bertz CT molecular complexity index is 1090. The van der Waals surface area contributed by atoms with Crippen molar-refractivity contribution in [2.24, 2.45) is 0 Å². The molecule has 0 aliphatic carbocycles. The van der Waals surface area contributed by atoms with Crippen LogP contribution in [0, 0.1) is 13.8 Å². The van der Waals surface area contributed by atoms with Crippen LogP contribution in [0.15, 0.2) is 50.3 Å². The molecule has 3 heterocycles. The minimum atomic E-state index is -3.75. The lowest BCUT2D eigenvalue weighted by Gasteiger charge is -2.30. The van der Waals surface area contributed by atoms with Crippen LogP contribution < -0.4 is 4.31 Å². The first kappa shape index (κ1) is 18.2. The smallest absolute Gasteiger partial charge is 0.269 e. The maximum absolute atomic E-state index is 13.2. The molecule has 0 saturated heterocycles. The van der Waals surface area contributed by atoms with Gasteiger partial charge in [0.1, 0.15) is 5.69 Å². The van der Waals surface area contributed by atoms with E-state index >= 15 is 0 Å². The average molecular weight is 448 g/mol. The van der Waals surface area contributed by atoms with Gasteiger partial charge in [-0.3, -0.25) is 9.29 Å². The highest BCUT2D eigenvalue weighted by atomic mass is 79.9. The molecule has 0 N–H and O–H groups in total. The van der Waals surface area contributed by atoms with Crippen LogP contribution >= 0.6 is 15.9 Å². The number of anilines is 1. The molecule has 0 fully saturated rings. The molecule has 140 valence electrons. The lowest BCUT2D eigenvalue weighted by Crippen LogP contribution is -2.36. The van der Waals surface area contributed by atoms with Crippen molar-refractivity contribution in [3.05, 3.63) is 58.0 Å². The zero-order valence-electron chi connectivity index (χ0n) is 14.9. The van der Waals surface area contributed by atoms with Crippen molar-refractivity contribution in [3.8, 4) is 11.3 Å². The number of nitrogens with zero attached hydrogens (tertiary/aromatic N) is 3. The fraction of sp³-hybridized carbons (Fsp3) is 0.263. The summed E-state index contributed by atoms with van der Waals surface area (Å²) in [6.07, 6.45) is 1.46. The second-order valence-electron chi connectivity index (χ2n) is 6.50. The monoisotopic (exact) mass is 447 g/mol. The van der Waals surface area contributed by atoms with Gasteiger partial charge in [-0.25, -0.2) is 8.42 Å². The first-order valence-corrected chi connectivity index (χ1v) is 10.8. The molecule has 1 aliphatic heterocycles. The summed E-state index contributed by atoms with van der Waals surface area (Å²) < 4.78 is 34.0. The molecule has 1 aliphatic rings. The van der Waals surface area contributed by atoms with E-state index in [1.54, 1.807) is 13.8 Å². The highest BCUT2D eigenvalue weighted by Crippen LogP contribution is 2.34. The number of fused-ring (bicyclic) bond motifs is 1. The Morgan fingerprint density at radius 2 is 1.85 bits per heavy atom. The molecule has 0 saturated carbocycles. The summed E-state index contributed by atoms with van der Waals surface area (Å²) in [4.78, 5) is 4.89. The molecule has 8 heteroatoms. The second kappa shape index (κ2) is 6.76. The third-order valence-electron chi connectivity index (χ3n) is 4.65. The number of aromatic nitrogens is 2. The number of sulfonamides is 1. The maximum atomic E-state index is 13.2. The van der Waals surface area contributed by atoms with Gasteiger partial charge in [0.15, 0.2) is 10.7 Å². The van der Waals surface area contributed by atoms with Crippen LogP contribution in [-0.2, 0) is 16.4 Å². The van der Waals surface area contributed by atoms with E-state index in [1.807, 2.05) is 36.4 Å². The summed E-state index contributed by atoms with van der Waals surface area (Å²) in [6, 6.07) is 11.6. The molecule has 0 amide bonds. The summed E-state index contributed by atoms with van der Waals surface area (Å²) in [5.41, 5.74) is 3.61. The molecule has 0 bridgehead atoms. The average Bonchev–Trinajstić information content (AvgIpc) is 3.00. The van der Waals surface area contributed by atoms with Gasteiger partial charge in [0.05, 0.1) is 17.1 Å². The van der Waals surface area contributed by atoms with Crippen LogP contribution in [-0.4, -0.2) is 25.1 Å². The zero-order chi connectivity index (χ0) is 19.2. The third kappa shape index (κ3) is 3.17. The number of hydrogen-bond acceptors (Lipinski definition) is 5. The molecule has 4 rings (SSSR count). The van der Waals surface area contributed by atoms with E-state index in [0.29, 0.717) is 30.1 Å². The van der Waals surface area contributed by atoms with Crippen LogP contribution in [0.2, 0.25) is 0 Å². The van der Waals surface area contributed by atoms with Crippen molar-refractivity contribution < 1.29 is 12.9 Å². The second-order valence-corrected chi connectivity index (χ2v) is 9.22. The molecule has 27 heavy (non-hydrogen) atoms. The van der Waals surface area contributed by atoms with Gasteiger partial charge >= 0.3 is 0 Å². The van der Waals surface area contributed by atoms with Gasteiger partial charge in [-0.05, 0) is 51.0 Å². The van der Waals surface area contributed by atoms with Crippen molar-refractivity contribution in [1.29, 1.82) is 0 Å². The molecular formula is C19H18BrN3O3S. The molecule has 3 aromatic rings. The minimum Gasteiger partial charge on any atom is -0.360 e. The fourth-order valence-electron chi connectivity index (χ4n) is 3.40. The largest absolute Gasteiger partial charge is 0.360 e. The van der Waals surface area contributed by atoms with Gasteiger partial charge in [-0.15, -0.1) is 0 Å². The lowest BCUT2D eigenvalue weighted by atomic mass is 10.1. The number of halogens is 1. The Morgan fingerprint density at radius 3 is 2.52 bits per heavy atom. The van der Waals surface area contributed by atoms with Crippen LogP contribution in [0.3, 0.4) is 0 Å². The number of pyridine rings is 1. The fourth-order valence-corrected chi connectivity index (χ4v) is 5.49. The van der Waals surface area contributed by atoms with E-state index in [4.69, 9.17) is 9.51 Å². The van der Waals surface area contributed by atoms with Crippen LogP contribution in [0.25, 0.3) is 11.3 Å². The molecule has 2 aromatic heterocycles. The van der Waals surface area contributed by atoms with E-state index in [2.05, 4.69) is 21.1 Å². The standard InChI is InChI=1S/C19H18BrN3O3S/c1-12-19(13(2)26-22-12)27(24,25)23-11-3-4-17-18(23)10-9-16(21-17)14-5-7-15(20)8-6-14/h5-10H,3-4,11H2,1-2H3. The Kier molecular flexibility index (Phi) is 4.55. The van der Waals surface area contributed by atoms with Crippen LogP contribution in [0.1, 0.15) is 23.6 Å².